The van der Waals surface area contributed by atoms with E-state index >= 15 is 0 Å². The Morgan fingerprint density at radius 2 is 2.33 bits per heavy atom. The molecule has 1 aromatic heterocycles. The van der Waals surface area contributed by atoms with Gasteiger partial charge in [0.05, 0.1) is 0 Å². The van der Waals surface area contributed by atoms with Gasteiger partial charge in [0.2, 0.25) is 0 Å². The minimum absolute atomic E-state index is 0.329. The maximum atomic E-state index is 11.6. The lowest BCUT2D eigenvalue weighted by Crippen LogP contribution is -2.23. The van der Waals surface area contributed by atoms with Gasteiger partial charge < -0.3 is 4.74 Å². The van der Waals surface area contributed by atoms with Crippen molar-refractivity contribution in [1.82, 2.24) is 4.98 Å². The number of aromatic nitrogens is 1. The normalized spacial score (nSPS) is 11.4. The van der Waals surface area contributed by atoms with Crippen molar-refractivity contribution in [2.45, 2.75) is 6.18 Å². The Morgan fingerprint density at radius 1 is 1.60 bits per heavy atom. The van der Waals surface area contributed by atoms with Gasteiger partial charge >= 0.3 is 6.18 Å². The second-order valence-electron chi connectivity index (χ2n) is 2.49. The molecular formula is C7H7F3N2O2S. The smallest absolute Gasteiger partial charge is 0.362 e. The van der Waals surface area contributed by atoms with E-state index in [0.29, 0.717) is 5.13 Å². The standard InChI is InChI=1S/C7H7F3N2O2S/c8-7(9,10)4-14-3-5(13)12-6-11-1-2-15-6/h1-2H,3-4H2,(H,11,12,13). The first kappa shape index (κ1) is 11.9. The Kier molecular flexibility index (Phi) is 4.04. The second-order valence-corrected chi connectivity index (χ2v) is 3.39. The number of amides is 1. The third-order valence-corrected chi connectivity index (χ3v) is 1.87. The highest BCUT2D eigenvalue weighted by Gasteiger charge is 2.27. The van der Waals surface area contributed by atoms with Crippen LogP contribution >= 0.6 is 11.3 Å². The highest BCUT2D eigenvalue weighted by Crippen LogP contribution is 2.14. The number of thiazole rings is 1. The van der Waals surface area contributed by atoms with Crippen LogP contribution in [0.4, 0.5) is 18.3 Å². The van der Waals surface area contributed by atoms with Gasteiger partial charge in [-0.1, -0.05) is 0 Å². The monoisotopic (exact) mass is 240 g/mol. The zero-order chi connectivity index (χ0) is 11.3. The summed E-state index contributed by atoms with van der Waals surface area (Å²) in [6.45, 7) is -2.07. The largest absolute Gasteiger partial charge is 0.411 e. The van der Waals surface area contributed by atoms with Crippen molar-refractivity contribution < 1.29 is 22.7 Å². The van der Waals surface area contributed by atoms with Gasteiger partial charge in [-0.2, -0.15) is 13.2 Å². The van der Waals surface area contributed by atoms with Crippen LogP contribution in [-0.4, -0.2) is 30.3 Å². The topological polar surface area (TPSA) is 51.2 Å². The molecule has 4 nitrogen and oxygen atoms in total. The number of halogens is 3. The van der Waals surface area contributed by atoms with E-state index in [1.807, 2.05) is 0 Å². The summed E-state index contributed by atoms with van der Waals surface area (Å²) < 4.78 is 39.0. The molecule has 15 heavy (non-hydrogen) atoms. The van der Waals surface area contributed by atoms with Gasteiger partial charge in [-0.25, -0.2) is 4.98 Å². The number of carbonyl (C=O) groups is 1. The highest BCUT2D eigenvalue weighted by molar-refractivity contribution is 7.13. The molecular weight excluding hydrogens is 233 g/mol. The van der Waals surface area contributed by atoms with Crippen LogP contribution in [0.1, 0.15) is 0 Å². The molecule has 1 amide bonds. The van der Waals surface area contributed by atoms with E-state index in [0.717, 1.165) is 0 Å². The maximum Gasteiger partial charge on any atom is 0.411 e. The first-order chi connectivity index (χ1) is 6.97. The number of nitrogens with zero attached hydrogens (tertiary/aromatic N) is 1. The Bertz CT molecular complexity index is 313. The quantitative estimate of drug-likeness (QED) is 0.870. The molecule has 0 saturated heterocycles. The molecule has 0 aliphatic rings. The second kappa shape index (κ2) is 5.08. The summed E-state index contributed by atoms with van der Waals surface area (Å²) in [5, 5.41) is 4.24. The number of hydrogen-bond donors (Lipinski definition) is 1. The molecule has 0 spiro atoms. The SMILES string of the molecule is O=C(COCC(F)(F)F)Nc1nccs1. The zero-order valence-corrected chi connectivity index (χ0v) is 8.19. The van der Waals surface area contributed by atoms with E-state index in [-0.39, 0.29) is 0 Å². The molecule has 0 aromatic carbocycles. The summed E-state index contributed by atoms with van der Waals surface area (Å²) in [7, 11) is 0. The van der Waals surface area contributed by atoms with E-state index in [1.165, 1.54) is 17.5 Å². The zero-order valence-electron chi connectivity index (χ0n) is 7.37. The molecule has 0 aliphatic carbocycles. The molecule has 1 heterocycles. The number of anilines is 1. The predicted molar refractivity (Wildman–Crippen MR) is 47.6 cm³/mol. The van der Waals surface area contributed by atoms with Crippen LogP contribution in [0.15, 0.2) is 11.6 Å². The van der Waals surface area contributed by atoms with Crippen LogP contribution in [0, 0.1) is 0 Å². The van der Waals surface area contributed by atoms with Crippen molar-refractivity contribution in [2.24, 2.45) is 0 Å². The fraction of sp³-hybridized carbons (Fsp3) is 0.429. The fourth-order valence-electron chi connectivity index (χ4n) is 0.700. The van der Waals surface area contributed by atoms with Gasteiger partial charge in [-0.05, 0) is 0 Å². The summed E-state index contributed by atoms with van der Waals surface area (Å²) in [6, 6.07) is 0. The summed E-state index contributed by atoms with van der Waals surface area (Å²) in [6.07, 6.45) is -2.95. The lowest BCUT2D eigenvalue weighted by atomic mass is 10.6. The molecule has 1 N–H and O–H groups in total. The number of alkyl halides is 3. The van der Waals surface area contributed by atoms with E-state index in [2.05, 4.69) is 15.0 Å². The number of nitrogens with one attached hydrogen (secondary N) is 1. The predicted octanol–water partition coefficient (Wildman–Crippen LogP) is 1.66. The van der Waals surface area contributed by atoms with Crippen LogP contribution in [-0.2, 0) is 9.53 Å². The van der Waals surface area contributed by atoms with Crippen molar-refractivity contribution in [3.05, 3.63) is 11.6 Å². The molecule has 0 saturated carbocycles. The molecule has 0 aliphatic heterocycles. The number of carbonyl (C=O) groups excluding carboxylic acids is 1. The van der Waals surface area contributed by atoms with Crippen molar-refractivity contribution in [3.8, 4) is 0 Å². The lowest BCUT2D eigenvalue weighted by molar-refractivity contribution is -0.174. The maximum absolute atomic E-state index is 11.6. The first-order valence-electron chi connectivity index (χ1n) is 3.81. The number of rotatable bonds is 4. The summed E-state index contributed by atoms with van der Waals surface area (Å²) in [5.74, 6) is -0.658. The van der Waals surface area contributed by atoms with Gasteiger partial charge in [-0.3, -0.25) is 10.1 Å². The van der Waals surface area contributed by atoms with Gasteiger partial charge in [0.15, 0.2) is 5.13 Å². The molecule has 0 radical (unpaired) electrons. The third-order valence-electron chi connectivity index (χ3n) is 1.18. The Morgan fingerprint density at radius 3 is 2.87 bits per heavy atom. The van der Waals surface area contributed by atoms with Gasteiger partial charge in [-0.15, -0.1) is 11.3 Å². The van der Waals surface area contributed by atoms with E-state index < -0.39 is 25.3 Å². The van der Waals surface area contributed by atoms with Crippen molar-refractivity contribution in [2.75, 3.05) is 18.5 Å². The van der Waals surface area contributed by atoms with Crippen LogP contribution in [0.25, 0.3) is 0 Å². The number of ether oxygens (including phenoxy) is 1. The lowest BCUT2D eigenvalue weighted by Gasteiger charge is -2.06. The van der Waals surface area contributed by atoms with Crippen LogP contribution in [0.3, 0.4) is 0 Å². The van der Waals surface area contributed by atoms with Crippen molar-refractivity contribution >= 4 is 22.4 Å². The first-order valence-corrected chi connectivity index (χ1v) is 4.69. The number of hydrogen-bond acceptors (Lipinski definition) is 4. The van der Waals surface area contributed by atoms with Gasteiger partial charge in [0.1, 0.15) is 13.2 Å². The molecule has 8 heteroatoms. The minimum Gasteiger partial charge on any atom is -0.362 e. The minimum atomic E-state index is -4.42. The molecule has 0 bridgehead atoms. The third kappa shape index (κ3) is 5.33. The Labute approximate surface area is 87.1 Å². The molecule has 0 fully saturated rings. The average Bonchev–Trinajstić information content (AvgIpc) is 2.54. The average molecular weight is 240 g/mol. The Hall–Kier alpha value is -1.15. The van der Waals surface area contributed by atoms with Crippen LogP contribution in [0.5, 0.6) is 0 Å². The van der Waals surface area contributed by atoms with Crippen molar-refractivity contribution in [1.29, 1.82) is 0 Å². The molecule has 84 valence electrons. The Balaban J connectivity index is 2.20. The summed E-state index contributed by atoms with van der Waals surface area (Å²) >= 11 is 1.17. The molecule has 1 rings (SSSR count). The van der Waals surface area contributed by atoms with E-state index in [4.69, 9.17) is 0 Å². The highest BCUT2D eigenvalue weighted by atomic mass is 32.1. The summed E-state index contributed by atoms with van der Waals surface area (Å²) in [4.78, 5) is 14.7. The van der Waals surface area contributed by atoms with Crippen LogP contribution in [0.2, 0.25) is 0 Å². The van der Waals surface area contributed by atoms with Crippen molar-refractivity contribution in [3.63, 3.8) is 0 Å². The molecule has 0 atom stereocenters. The summed E-state index contributed by atoms with van der Waals surface area (Å²) in [5.41, 5.74) is 0. The van der Waals surface area contributed by atoms with E-state index in [9.17, 15) is 18.0 Å². The van der Waals surface area contributed by atoms with Gasteiger partial charge in [0, 0.05) is 11.6 Å². The molecule has 0 unspecified atom stereocenters. The van der Waals surface area contributed by atoms with E-state index in [1.54, 1.807) is 5.38 Å². The van der Waals surface area contributed by atoms with Crippen LogP contribution < -0.4 is 5.32 Å². The molecule has 1 aromatic rings. The van der Waals surface area contributed by atoms with Gasteiger partial charge in [0.25, 0.3) is 5.91 Å². The fourth-order valence-corrected chi connectivity index (χ4v) is 1.25.